The van der Waals surface area contributed by atoms with Crippen LogP contribution in [0.25, 0.3) is 0 Å². The molecule has 2 aromatic heterocycles. The summed E-state index contributed by atoms with van der Waals surface area (Å²) in [7, 11) is 3.46. The van der Waals surface area contributed by atoms with E-state index in [1.165, 1.54) is 4.68 Å². The van der Waals surface area contributed by atoms with Crippen molar-refractivity contribution in [2.24, 2.45) is 7.05 Å². The fourth-order valence-corrected chi connectivity index (χ4v) is 3.46. The molecule has 6 nitrogen and oxygen atoms in total. The molecule has 0 saturated carbocycles. The van der Waals surface area contributed by atoms with E-state index >= 15 is 0 Å². The average molecular weight is 382 g/mol. The lowest BCUT2D eigenvalue weighted by Crippen LogP contribution is -2.26. The number of amides is 2. The summed E-state index contributed by atoms with van der Waals surface area (Å²) in [6.45, 7) is 0.534. The Balaban J connectivity index is 1.58. The number of carbonyl (C=O) groups excluding carboxylic acids is 2. The molecule has 2 amide bonds. The van der Waals surface area contributed by atoms with Gasteiger partial charge in [-0.3, -0.25) is 14.3 Å². The minimum atomic E-state index is -0.177. The van der Waals surface area contributed by atoms with Crippen LogP contribution in [0.3, 0.4) is 0 Å². The van der Waals surface area contributed by atoms with Gasteiger partial charge >= 0.3 is 0 Å². The number of nitrogens with one attached hydrogen (secondary N) is 1. The lowest BCUT2D eigenvalue weighted by molar-refractivity contribution is -0.116. The van der Waals surface area contributed by atoms with Crippen LogP contribution in [0.15, 0.2) is 53.9 Å². The normalized spacial score (nSPS) is 10.6. The smallest absolute Gasteiger partial charge is 0.274 e. The molecule has 0 fully saturated rings. The number of aryl methyl sites for hydroxylation is 2. The molecule has 7 heteroatoms. The molecule has 1 aromatic carbocycles. The molecule has 3 aromatic rings. The van der Waals surface area contributed by atoms with Gasteiger partial charge in [0, 0.05) is 31.5 Å². The molecule has 1 N–H and O–H groups in total. The van der Waals surface area contributed by atoms with Gasteiger partial charge in [-0.05, 0) is 23.4 Å². The van der Waals surface area contributed by atoms with Crippen LogP contribution in [0.1, 0.15) is 27.3 Å². The zero-order valence-electron chi connectivity index (χ0n) is 15.4. The molecule has 0 atom stereocenters. The SMILES string of the molecule is CN(Cc1cccs1)C(=O)c1cc(NC(=O)CCc2ccccc2)n(C)n1. The Labute approximate surface area is 162 Å². The topological polar surface area (TPSA) is 67.2 Å². The van der Waals surface area contributed by atoms with E-state index < -0.39 is 0 Å². The largest absolute Gasteiger partial charge is 0.335 e. The van der Waals surface area contributed by atoms with Crippen molar-refractivity contribution in [3.8, 4) is 0 Å². The molecule has 140 valence electrons. The second-order valence-corrected chi connectivity index (χ2v) is 7.35. The molecule has 0 unspecified atom stereocenters. The Morgan fingerprint density at radius 2 is 1.96 bits per heavy atom. The number of anilines is 1. The third-order valence-electron chi connectivity index (χ3n) is 4.17. The second kappa shape index (κ2) is 8.64. The summed E-state index contributed by atoms with van der Waals surface area (Å²) in [4.78, 5) is 27.5. The molecule has 0 spiro atoms. The van der Waals surface area contributed by atoms with Crippen molar-refractivity contribution in [1.82, 2.24) is 14.7 Å². The number of benzene rings is 1. The summed E-state index contributed by atoms with van der Waals surface area (Å²) >= 11 is 1.61. The van der Waals surface area contributed by atoms with E-state index in [-0.39, 0.29) is 11.8 Å². The predicted octanol–water partition coefficient (Wildman–Crippen LogP) is 3.33. The quantitative estimate of drug-likeness (QED) is 0.682. The van der Waals surface area contributed by atoms with Gasteiger partial charge in [-0.1, -0.05) is 36.4 Å². The van der Waals surface area contributed by atoms with Gasteiger partial charge < -0.3 is 10.2 Å². The van der Waals surface area contributed by atoms with E-state index in [4.69, 9.17) is 0 Å². The maximum Gasteiger partial charge on any atom is 0.274 e. The van der Waals surface area contributed by atoms with E-state index in [0.29, 0.717) is 30.9 Å². The lowest BCUT2D eigenvalue weighted by Gasteiger charge is -2.14. The number of aromatic nitrogens is 2. The first-order valence-corrected chi connectivity index (χ1v) is 9.56. The third kappa shape index (κ3) is 5.04. The molecule has 0 aliphatic heterocycles. The van der Waals surface area contributed by atoms with Gasteiger partial charge in [0.1, 0.15) is 5.82 Å². The Kier molecular flexibility index (Phi) is 6.03. The van der Waals surface area contributed by atoms with Crippen molar-refractivity contribution >= 4 is 29.0 Å². The van der Waals surface area contributed by atoms with Crippen LogP contribution in [0.4, 0.5) is 5.82 Å². The van der Waals surface area contributed by atoms with Gasteiger partial charge in [-0.25, -0.2) is 0 Å². The number of nitrogens with zero attached hydrogens (tertiary/aromatic N) is 3. The van der Waals surface area contributed by atoms with Crippen molar-refractivity contribution in [3.05, 3.63) is 70.0 Å². The zero-order valence-corrected chi connectivity index (χ0v) is 16.2. The van der Waals surface area contributed by atoms with E-state index in [2.05, 4.69) is 10.4 Å². The first-order valence-electron chi connectivity index (χ1n) is 8.68. The number of thiophene rings is 1. The molecule has 2 heterocycles. The number of hydrogen-bond acceptors (Lipinski definition) is 4. The maximum absolute atomic E-state index is 12.6. The minimum absolute atomic E-state index is 0.104. The lowest BCUT2D eigenvalue weighted by atomic mass is 10.1. The van der Waals surface area contributed by atoms with E-state index in [1.807, 2.05) is 47.8 Å². The standard InChI is InChI=1S/C20H22N4O2S/c1-23(14-16-9-6-12-27-16)20(26)17-13-18(24(2)22-17)21-19(25)11-10-15-7-4-3-5-8-15/h3-9,12-13H,10-11,14H2,1-2H3,(H,21,25). The highest BCUT2D eigenvalue weighted by molar-refractivity contribution is 7.09. The minimum Gasteiger partial charge on any atom is -0.335 e. The Morgan fingerprint density at radius 3 is 2.67 bits per heavy atom. The first-order chi connectivity index (χ1) is 13.0. The van der Waals surface area contributed by atoms with Gasteiger partial charge in [-0.2, -0.15) is 5.10 Å². The van der Waals surface area contributed by atoms with Gasteiger partial charge in [0.25, 0.3) is 5.91 Å². The van der Waals surface area contributed by atoms with Gasteiger partial charge in [0.2, 0.25) is 5.91 Å². The van der Waals surface area contributed by atoms with E-state index in [1.54, 1.807) is 36.4 Å². The first kappa shape index (κ1) is 18.8. The highest BCUT2D eigenvalue weighted by Crippen LogP contribution is 2.15. The Bertz CT molecular complexity index is 903. The summed E-state index contributed by atoms with van der Waals surface area (Å²) in [5.41, 5.74) is 1.43. The molecule has 0 aliphatic rings. The third-order valence-corrected chi connectivity index (χ3v) is 5.03. The van der Waals surface area contributed by atoms with Crippen LogP contribution in [0, 0.1) is 0 Å². The summed E-state index contributed by atoms with van der Waals surface area (Å²) in [6.07, 6.45) is 1.04. The molecular formula is C20H22N4O2S. The van der Waals surface area contributed by atoms with Crippen LogP contribution in [0.2, 0.25) is 0 Å². The monoisotopic (exact) mass is 382 g/mol. The van der Waals surface area contributed by atoms with Crippen molar-refractivity contribution in [1.29, 1.82) is 0 Å². The molecule has 27 heavy (non-hydrogen) atoms. The van der Waals surface area contributed by atoms with Gasteiger partial charge in [0.05, 0.1) is 6.54 Å². The van der Waals surface area contributed by atoms with Crippen LogP contribution in [-0.2, 0) is 24.8 Å². The Morgan fingerprint density at radius 1 is 1.19 bits per heavy atom. The highest BCUT2D eigenvalue weighted by Gasteiger charge is 2.18. The summed E-state index contributed by atoms with van der Waals surface area (Å²) in [5, 5.41) is 9.06. The van der Waals surface area contributed by atoms with Gasteiger partial charge in [0.15, 0.2) is 5.69 Å². The molecule has 3 rings (SSSR count). The Hall–Kier alpha value is -2.93. The molecule has 0 bridgehead atoms. The average Bonchev–Trinajstić information content (AvgIpc) is 3.30. The fourth-order valence-electron chi connectivity index (χ4n) is 2.70. The maximum atomic E-state index is 12.6. The van der Waals surface area contributed by atoms with Crippen LogP contribution in [-0.4, -0.2) is 33.5 Å². The molecular weight excluding hydrogens is 360 g/mol. The van der Waals surface area contributed by atoms with Crippen molar-refractivity contribution < 1.29 is 9.59 Å². The van der Waals surface area contributed by atoms with E-state index in [9.17, 15) is 9.59 Å². The van der Waals surface area contributed by atoms with Crippen molar-refractivity contribution in [3.63, 3.8) is 0 Å². The summed E-state index contributed by atoms with van der Waals surface area (Å²) in [6, 6.07) is 15.4. The van der Waals surface area contributed by atoms with Crippen LogP contribution >= 0.6 is 11.3 Å². The van der Waals surface area contributed by atoms with Gasteiger partial charge in [-0.15, -0.1) is 11.3 Å². The van der Waals surface area contributed by atoms with Crippen molar-refractivity contribution in [2.45, 2.75) is 19.4 Å². The van der Waals surface area contributed by atoms with Crippen molar-refractivity contribution in [2.75, 3.05) is 12.4 Å². The molecule has 0 saturated heterocycles. The summed E-state index contributed by atoms with van der Waals surface area (Å²) < 4.78 is 1.52. The van der Waals surface area contributed by atoms with Crippen LogP contribution in [0.5, 0.6) is 0 Å². The number of rotatable bonds is 7. The molecule has 0 aliphatic carbocycles. The predicted molar refractivity (Wildman–Crippen MR) is 107 cm³/mol. The number of hydrogen-bond donors (Lipinski definition) is 1. The fraction of sp³-hybridized carbons (Fsp3) is 0.250. The van der Waals surface area contributed by atoms with E-state index in [0.717, 1.165) is 10.4 Å². The molecule has 0 radical (unpaired) electrons. The van der Waals surface area contributed by atoms with Crippen LogP contribution < -0.4 is 5.32 Å². The highest BCUT2D eigenvalue weighted by atomic mass is 32.1. The summed E-state index contributed by atoms with van der Waals surface area (Å²) in [5.74, 6) is 0.234. The number of carbonyl (C=O) groups is 2. The zero-order chi connectivity index (χ0) is 19.2. The second-order valence-electron chi connectivity index (χ2n) is 6.31.